The summed E-state index contributed by atoms with van der Waals surface area (Å²) in [6.45, 7) is 0.174. The van der Waals surface area contributed by atoms with Crippen LogP contribution in [0, 0.1) is 0 Å². The van der Waals surface area contributed by atoms with Gasteiger partial charge in [-0.25, -0.2) is 4.98 Å². The van der Waals surface area contributed by atoms with E-state index in [4.69, 9.17) is 4.74 Å². The molecule has 0 atom stereocenters. The summed E-state index contributed by atoms with van der Waals surface area (Å²) in [5.41, 5.74) is 0.0631. The largest absolute Gasteiger partial charge is 0.543 e. The van der Waals surface area contributed by atoms with Crippen molar-refractivity contribution in [3.8, 4) is 5.75 Å². The van der Waals surface area contributed by atoms with Crippen LogP contribution in [-0.2, 0) is 19.2 Å². The highest BCUT2D eigenvalue weighted by atomic mass is 79.9. The molecule has 0 aliphatic heterocycles. The minimum absolute atomic E-state index is 0.0114. The molecule has 0 aliphatic rings. The van der Waals surface area contributed by atoms with Gasteiger partial charge in [0, 0.05) is 21.8 Å². The molecule has 0 aliphatic carbocycles. The zero-order valence-corrected chi connectivity index (χ0v) is 16.5. The Kier molecular flexibility index (Phi) is 6.04. The monoisotopic (exact) mass is 470 g/mol. The second kappa shape index (κ2) is 8.32. The fraction of sp³-hybridized carbons (Fsp3) is 0.158. The second-order valence-electron chi connectivity index (χ2n) is 5.83. The molecule has 1 heterocycles. The van der Waals surface area contributed by atoms with Crippen molar-refractivity contribution >= 4 is 33.2 Å². The molecule has 9 heteroatoms. The fourth-order valence-corrected chi connectivity index (χ4v) is 3.48. The Hall–Kier alpha value is -2.39. The summed E-state index contributed by atoms with van der Waals surface area (Å²) in [4.78, 5) is 14.7. The third-order valence-electron chi connectivity index (χ3n) is 3.80. The first-order chi connectivity index (χ1) is 13.2. The molecule has 2 aromatic carbocycles. The lowest BCUT2D eigenvalue weighted by Crippen LogP contribution is -2.22. The van der Waals surface area contributed by atoms with E-state index in [0.717, 1.165) is 33.5 Å². The molecule has 0 bridgehead atoms. The van der Waals surface area contributed by atoms with Gasteiger partial charge in [-0.1, -0.05) is 28.1 Å². The molecule has 28 heavy (non-hydrogen) atoms. The van der Waals surface area contributed by atoms with Gasteiger partial charge in [0.15, 0.2) is 0 Å². The van der Waals surface area contributed by atoms with Crippen molar-refractivity contribution in [1.82, 2.24) is 4.98 Å². The van der Waals surface area contributed by atoms with Gasteiger partial charge in [0.05, 0.1) is 22.2 Å². The molecule has 1 aromatic heterocycles. The van der Waals surface area contributed by atoms with E-state index in [1.165, 1.54) is 11.4 Å². The number of rotatable bonds is 6. The smallest absolute Gasteiger partial charge is 0.416 e. The first-order valence-corrected chi connectivity index (χ1v) is 9.63. The minimum Gasteiger partial charge on any atom is -0.543 e. The number of aromatic nitrogens is 1. The molecule has 0 amide bonds. The van der Waals surface area contributed by atoms with E-state index in [1.54, 1.807) is 0 Å². The van der Waals surface area contributed by atoms with Crippen molar-refractivity contribution in [1.29, 1.82) is 0 Å². The van der Waals surface area contributed by atoms with Crippen molar-refractivity contribution in [3.05, 3.63) is 79.7 Å². The number of benzene rings is 2. The number of carbonyl (C=O) groups is 1. The Morgan fingerprint density at radius 3 is 2.50 bits per heavy atom. The molecule has 0 radical (unpaired) electrons. The minimum atomic E-state index is -4.50. The molecular formula is C19H12BrF3NO3S-. The lowest BCUT2D eigenvalue weighted by atomic mass is 10.1. The summed E-state index contributed by atoms with van der Waals surface area (Å²) >= 11 is 4.37. The topological polar surface area (TPSA) is 62.2 Å². The summed E-state index contributed by atoms with van der Waals surface area (Å²) in [5, 5.41) is 12.5. The lowest BCUT2D eigenvalue weighted by molar-refractivity contribution is -0.255. The van der Waals surface area contributed by atoms with E-state index in [2.05, 4.69) is 20.9 Å². The zero-order chi connectivity index (χ0) is 20.3. The number of thiazole rings is 1. The third-order valence-corrected chi connectivity index (χ3v) is 5.18. The van der Waals surface area contributed by atoms with Crippen molar-refractivity contribution in [2.75, 3.05) is 0 Å². The molecule has 0 fully saturated rings. The Balaban J connectivity index is 1.87. The van der Waals surface area contributed by atoms with Gasteiger partial charge >= 0.3 is 6.18 Å². The molecule has 0 N–H and O–H groups in total. The van der Waals surface area contributed by atoms with Crippen LogP contribution in [0.1, 0.15) is 32.2 Å². The van der Waals surface area contributed by atoms with Gasteiger partial charge in [0.1, 0.15) is 12.4 Å². The van der Waals surface area contributed by atoms with Crippen molar-refractivity contribution < 1.29 is 27.8 Å². The standard InChI is InChI=1S/C19H13BrF3NO3S/c20-14-4-1-11(2-5-14)9-27-16-6-3-13(19(21,22)23)7-12(16)8-17-24-15(10-28-17)18(25)26/h1-7,10H,8-9H2,(H,25,26)/p-1. The normalized spacial score (nSPS) is 11.4. The number of carboxylic acid groups (broad SMARTS) is 1. The van der Waals surface area contributed by atoms with Crippen LogP contribution in [0.5, 0.6) is 5.75 Å². The lowest BCUT2D eigenvalue weighted by Gasteiger charge is -2.14. The number of hydrogen-bond acceptors (Lipinski definition) is 5. The average Bonchev–Trinajstić information content (AvgIpc) is 3.10. The second-order valence-corrected chi connectivity index (χ2v) is 7.68. The van der Waals surface area contributed by atoms with Gasteiger partial charge in [-0.05, 0) is 35.9 Å². The highest BCUT2D eigenvalue weighted by molar-refractivity contribution is 9.10. The van der Waals surface area contributed by atoms with Crippen LogP contribution < -0.4 is 9.84 Å². The first kappa shape index (κ1) is 20.3. The number of ether oxygens (including phenoxy) is 1. The summed E-state index contributed by atoms with van der Waals surface area (Å²) in [7, 11) is 0. The number of nitrogens with zero attached hydrogens (tertiary/aromatic N) is 1. The zero-order valence-electron chi connectivity index (χ0n) is 14.1. The predicted molar refractivity (Wildman–Crippen MR) is 99.2 cm³/mol. The SMILES string of the molecule is O=C([O-])c1csc(Cc2cc(C(F)(F)F)ccc2OCc2ccc(Br)cc2)n1. The van der Waals surface area contributed by atoms with Crippen LogP contribution in [0.25, 0.3) is 0 Å². The van der Waals surface area contributed by atoms with Crippen LogP contribution in [0.3, 0.4) is 0 Å². The fourth-order valence-electron chi connectivity index (χ4n) is 2.43. The van der Waals surface area contributed by atoms with E-state index in [9.17, 15) is 23.1 Å². The number of carbonyl (C=O) groups excluding carboxylic acids is 1. The van der Waals surface area contributed by atoms with Gasteiger partial charge in [-0.3, -0.25) is 0 Å². The molecule has 0 saturated carbocycles. The summed E-state index contributed by atoms with van der Waals surface area (Å²) in [5.74, 6) is -1.15. The summed E-state index contributed by atoms with van der Waals surface area (Å²) < 4.78 is 45.9. The molecule has 146 valence electrons. The molecule has 0 spiro atoms. The van der Waals surface area contributed by atoms with E-state index in [-0.39, 0.29) is 30.0 Å². The maximum Gasteiger partial charge on any atom is 0.416 e. The molecule has 0 saturated heterocycles. The highest BCUT2D eigenvalue weighted by Gasteiger charge is 2.31. The Morgan fingerprint density at radius 1 is 1.18 bits per heavy atom. The van der Waals surface area contributed by atoms with Crippen LogP contribution in [-0.4, -0.2) is 11.0 Å². The van der Waals surface area contributed by atoms with Gasteiger partial charge in [0.2, 0.25) is 0 Å². The van der Waals surface area contributed by atoms with E-state index < -0.39 is 17.7 Å². The molecular weight excluding hydrogens is 459 g/mol. The van der Waals surface area contributed by atoms with Crippen molar-refractivity contribution in [2.45, 2.75) is 19.2 Å². The van der Waals surface area contributed by atoms with E-state index in [0.29, 0.717) is 5.01 Å². The van der Waals surface area contributed by atoms with Crippen LogP contribution in [0.4, 0.5) is 13.2 Å². The molecule has 0 unspecified atom stereocenters. The first-order valence-electron chi connectivity index (χ1n) is 7.95. The van der Waals surface area contributed by atoms with E-state index >= 15 is 0 Å². The van der Waals surface area contributed by atoms with Gasteiger partial charge in [-0.2, -0.15) is 13.2 Å². The molecule has 4 nitrogen and oxygen atoms in total. The Labute approximate surface area is 170 Å². The summed E-state index contributed by atoms with van der Waals surface area (Å²) in [6.07, 6.45) is -4.49. The van der Waals surface area contributed by atoms with E-state index in [1.807, 2.05) is 24.3 Å². The molecule has 3 rings (SSSR count). The van der Waals surface area contributed by atoms with Crippen molar-refractivity contribution in [3.63, 3.8) is 0 Å². The number of carboxylic acids is 1. The van der Waals surface area contributed by atoms with Crippen molar-refractivity contribution in [2.24, 2.45) is 0 Å². The highest BCUT2D eigenvalue weighted by Crippen LogP contribution is 2.34. The van der Waals surface area contributed by atoms with Crippen LogP contribution in [0.2, 0.25) is 0 Å². The van der Waals surface area contributed by atoms with Crippen LogP contribution in [0.15, 0.2) is 52.3 Å². The van der Waals surface area contributed by atoms with Gasteiger partial charge in [-0.15, -0.1) is 11.3 Å². The number of hydrogen-bond donors (Lipinski definition) is 0. The molecule has 3 aromatic rings. The third kappa shape index (κ3) is 5.11. The summed E-state index contributed by atoms with van der Waals surface area (Å²) in [6, 6.07) is 10.6. The number of aromatic carboxylic acids is 1. The quantitative estimate of drug-likeness (QED) is 0.533. The predicted octanol–water partition coefficient (Wildman–Crippen LogP) is 4.46. The van der Waals surface area contributed by atoms with Crippen LogP contribution >= 0.6 is 27.3 Å². The Bertz CT molecular complexity index is 987. The maximum absolute atomic E-state index is 13.1. The average molecular weight is 471 g/mol. The maximum atomic E-state index is 13.1. The number of halogens is 4. The van der Waals surface area contributed by atoms with Gasteiger partial charge < -0.3 is 14.6 Å². The van der Waals surface area contributed by atoms with Gasteiger partial charge in [0.25, 0.3) is 0 Å². The Morgan fingerprint density at radius 2 is 1.89 bits per heavy atom. The number of alkyl halides is 3.